The topological polar surface area (TPSA) is 114 Å². The van der Waals surface area contributed by atoms with Gasteiger partial charge in [0.05, 0.1) is 25.2 Å². The number of hydrogen-bond donors (Lipinski definition) is 2. The number of hydrogen-bond acceptors (Lipinski definition) is 6. The Bertz CT molecular complexity index is 1110. The van der Waals surface area contributed by atoms with Crippen LogP contribution in [0.1, 0.15) is 17.5 Å². The third-order valence-electron chi connectivity index (χ3n) is 5.14. The van der Waals surface area contributed by atoms with Crippen LogP contribution in [-0.4, -0.2) is 57.6 Å². The number of methoxy groups -OCH3 is 1. The van der Waals surface area contributed by atoms with E-state index < -0.39 is 28.1 Å². The van der Waals surface area contributed by atoms with Crippen molar-refractivity contribution in [2.24, 2.45) is 0 Å². The lowest BCUT2D eigenvalue weighted by Gasteiger charge is -2.34. The van der Waals surface area contributed by atoms with Crippen molar-refractivity contribution in [2.75, 3.05) is 26.8 Å². The van der Waals surface area contributed by atoms with Crippen LogP contribution in [0.3, 0.4) is 0 Å². The van der Waals surface area contributed by atoms with Gasteiger partial charge >= 0.3 is 11.8 Å². The second-order valence-electron chi connectivity index (χ2n) is 7.45. The third-order valence-corrected chi connectivity index (χ3v) is 7.27. The number of rotatable bonds is 7. The summed E-state index contributed by atoms with van der Waals surface area (Å²) in [6.45, 7) is 2.32. The van der Waals surface area contributed by atoms with Crippen LogP contribution in [0.5, 0.6) is 5.75 Å². The molecule has 2 N–H and O–H groups in total. The summed E-state index contributed by atoms with van der Waals surface area (Å²) in [6, 6.07) is 11.4. The van der Waals surface area contributed by atoms with E-state index in [-0.39, 0.29) is 24.5 Å². The molecule has 0 saturated carbocycles. The lowest BCUT2D eigenvalue weighted by molar-refractivity contribution is -0.140. The van der Waals surface area contributed by atoms with E-state index in [1.807, 2.05) is 0 Å². The van der Waals surface area contributed by atoms with Gasteiger partial charge in [0, 0.05) is 18.1 Å². The van der Waals surface area contributed by atoms with Gasteiger partial charge in [-0.3, -0.25) is 9.59 Å². The lowest BCUT2D eigenvalue weighted by atomic mass is 10.2. The molecule has 0 aliphatic carbocycles. The van der Waals surface area contributed by atoms with Gasteiger partial charge in [0.25, 0.3) is 0 Å². The fourth-order valence-electron chi connectivity index (χ4n) is 3.37. The Balaban J connectivity index is 1.61. The number of carbonyl (C=O) groups is 2. The first-order valence-electron chi connectivity index (χ1n) is 10.3. The molecule has 0 unspecified atom stereocenters. The van der Waals surface area contributed by atoms with Crippen LogP contribution in [-0.2, 0) is 30.9 Å². The van der Waals surface area contributed by atoms with Gasteiger partial charge in [0.2, 0.25) is 10.0 Å². The Morgan fingerprint density at radius 3 is 2.52 bits per heavy atom. The van der Waals surface area contributed by atoms with Gasteiger partial charge in [-0.1, -0.05) is 23.7 Å². The first kappa shape index (κ1) is 25.0. The Morgan fingerprint density at radius 1 is 1.15 bits per heavy atom. The molecule has 1 aliphatic heterocycles. The summed E-state index contributed by atoms with van der Waals surface area (Å²) in [5.41, 5.74) is 1.46. The fraction of sp³-hybridized carbons (Fsp3) is 0.364. The van der Waals surface area contributed by atoms with E-state index in [2.05, 4.69) is 10.6 Å². The van der Waals surface area contributed by atoms with Gasteiger partial charge in [-0.25, -0.2) is 8.42 Å². The maximum atomic E-state index is 13.2. The van der Waals surface area contributed by atoms with Gasteiger partial charge in [-0.2, -0.15) is 4.31 Å². The van der Waals surface area contributed by atoms with Gasteiger partial charge in [-0.15, -0.1) is 0 Å². The van der Waals surface area contributed by atoms with Crippen LogP contribution in [0.4, 0.5) is 0 Å². The highest BCUT2D eigenvalue weighted by Gasteiger charge is 2.35. The number of amides is 2. The molecule has 11 heteroatoms. The molecule has 1 heterocycles. The maximum Gasteiger partial charge on any atom is 0.309 e. The highest BCUT2D eigenvalue weighted by atomic mass is 35.5. The first-order valence-corrected chi connectivity index (χ1v) is 12.1. The molecule has 3 rings (SSSR count). The van der Waals surface area contributed by atoms with Crippen molar-refractivity contribution in [3.05, 3.63) is 58.6 Å². The molecule has 2 aromatic rings. The smallest absolute Gasteiger partial charge is 0.309 e. The molecule has 1 aliphatic rings. The Morgan fingerprint density at radius 2 is 1.85 bits per heavy atom. The number of benzene rings is 2. The van der Waals surface area contributed by atoms with E-state index in [4.69, 9.17) is 21.1 Å². The Labute approximate surface area is 198 Å². The van der Waals surface area contributed by atoms with Crippen LogP contribution < -0.4 is 15.4 Å². The number of nitrogens with zero attached hydrogens (tertiary/aromatic N) is 1. The molecule has 2 amide bonds. The summed E-state index contributed by atoms with van der Waals surface area (Å²) >= 11 is 5.83. The standard InChI is InChI=1S/C22H26ClN3O6S/c1-15-12-18(8-9-19(15)31-2)33(29,30)26-10-3-11-32-20(26)14-25-22(28)21(27)24-13-16-4-6-17(23)7-5-16/h4-9,12,20H,3,10-11,13-14H2,1-2H3,(H,24,27)(H,25,28)/t20-/m1/s1. The molecule has 1 saturated heterocycles. The minimum absolute atomic E-state index is 0.100. The van der Waals surface area contributed by atoms with E-state index in [9.17, 15) is 18.0 Å². The normalized spacial score (nSPS) is 16.8. The molecule has 2 aromatic carbocycles. The average molecular weight is 496 g/mol. The van der Waals surface area contributed by atoms with Crippen molar-refractivity contribution in [2.45, 2.75) is 31.0 Å². The monoisotopic (exact) mass is 495 g/mol. The van der Waals surface area contributed by atoms with E-state index in [0.717, 1.165) is 5.56 Å². The van der Waals surface area contributed by atoms with Gasteiger partial charge in [0.15, 0.2) is 0 Å². The number of ether oxygens (including phenoxy) is 2. The molecule has 9 nitrogen and oxygen atoms in total. The second kappa shape index (κ2) is 11.0. The average Bonchev–Trinajstić information content (AvgIpc) is 2.82. The summed E-state index contributed by atoms with van der Waals surface area (Å²) in [6.07, 6.45) is -0.417. The predicted molar refractivity (Wildman–Crippen MR) is 122 cm³/mol. The lowest BCUT2D eigenvalue weighted by Crippen LogP contribution is -2.53. The van der Waals surface area contributed by atoms with Crippen molar-refractivity contribution >= 4 is 33.4 Å². The van der Waals surface area contributed by atoms with E-state index in [0.29, 0.717) is 29.4 Å². The van der Waals surface area contributed by atoms with Crippen LogP contribution in [0.25, 0.3) is 0 Å². The highest BCUT2D eigenvalue weighted by molar-refractivity contribution is 7.89. The van der Waals surface area contributed by atoms with Crippen molar-refractivity contribution in [1.29, 1.82) is 0 Å². The number of sulfonamides is 1. The minimum atomic E-state index is -3.89. The number of halogens is 1. The summed E-state index contributed by atoms with van der Waals surface area (Å²) in [5, 5.41) is 5.54. The van der Waals surface area contributed by atoms with Crippen molar-refractivity contribution in [3.63, 3.8) is 0 Å². The molecular weight excluding hydrogens is 470 g/mol. The second-order valence-corrected chi connectivity index (χ2v) is 9.77. The summed E-state index contributed by atoms with van der Waals surface area (Å²) in [7, 11) is -2.37. The molecule has 1 atom stereocenters. The number of carbonyl (C=O) groups excluding carboxylic acids is 2. The molecule has 0 bridgehead atoms. The Hall–Kier alpha value is -2.66. The fourth-order valence-corrected chi connectivity index (χ4v) is 5.15. The van der Waals surface area contributed by atoms with Crippen LogP contribution in [0, 0.1) is 6.92 Å². The third kappa shape index (κ3) is 6.23. The van der Waals surface area contributed by atoms with Crippen LogP contribution in [0.2, 0.25) is 5.02 Å². The first-order chi connectivity index (χ1) is 15.7. The van der Waals surface area contributed by atoms with Crippen LogP contribution >= 0.6 is 11.6 Å². The SMILES string of the molecule is COc1ccc(S(=O)(=O)N2CCCO[C@@H]2CNC(=O)C(=O)NCc2ccc(Cl)cc2)cc1C. The van der Waals surface area contributed by atoms with Crippen molar-refractivity contribution < 1.29 is 27.5 Å². The molecule has 1 fully saturated rings. The summed E-state index contributed by atoms with van der Waals surface area (Å²) in [4.78, 5) is 24.4. The molecule has 0 radical (unpaired) electrons. The van der Waals surface area contributed by atoms with Gasteiger partial charge < -0.3 is 20.1 Å². The molecule has 0 spiro atoms. The zero-order valence-electron chi connectivity index (χ0n) is 18.3. The zero-order chi connectivity index (χ0) is 24.0. The minimum Gasteiger partial charge on any atom is -0.496 e. The number of nitrogens with one attached hydrogen (secondary N) is 2. The van der Waals surface area contributed by atoms with Crippen LogP contribution in [0.15, 0.2) is 47.4 Å². The highest BCUT2D eigenvalue weighted by Crippen LogP contribution is 2.26. The number of aryl methyl sites for hydroxylation is 1. The van der Waals surface area contributed by atoms with Crippen molar-refractivity contribution in [1.82, 2.24) is 14.9 Å². The summed E-state index contributed by atoms with van der Waals surface area (Å²) < 4.78 is 38.4. The van der Waals surface area contributed by atoms with Gasteiger partial charge in [0.1, 0.15) is 12.0 Å². The predicted octanol–water partition coefficient (Wildman–Crippen LogP) is 1.83. The summed E-state index contributed by atoms with van der Waals surface area (Å²) in [5.74, 6) is -1.13. The quantitative estimate of drug-likeness (QED) is 0.566. The molecule has 178 valence electrons. The molecule has 33 heavy (non-hydrogen) atoms. The van der Waals surface area contributed by atoms with E-state index >= 15 is 0 Å². The van der Waals surface area contributed by atoms with E-state index in [1.165, 1.54) is 23.5 Å². The molecule has 0 aromatic heterocycles. The largest absolute Gasteiger partial charge is 0.496 e. The van der Waals surface area contributed by atoms with Crippen molar-refractivity contribution in [3.8, 4) is 5.75 Å². The van der Waals surface area contributed by atoms with Gasteiger partial charge in [-0.05, 0) is 54.8 Å². The molecular formula is C22H26ClN3O6S. The Kier molecular flexibility index (Phi) is 8.30. The zero-order valence-corrected chi connectivity index (χ0v) is 19.9. The van der Waals surface area contributed by atoms with E-state index in [1.54, 1.807) is 37.3 Å². The maximum absolute atomic E-state index is 13.2.